The summed E-state index contributed by atoms with van der Waals surface area (Å²) in [7, 11) is 0. The lowest BCUT2D eigenvalue weighted by Gasteiger charge is -2.08. The van der Waals surface area contributed by atoms with Gasteiger partial charge in [0, 0.05) is 17.0 Å². The zero-order valence-corrected chi connectivity index (χ0v) is 10.5. The number of ketones is 1. The van der Waals surface area contributed by atoms with E-state index in [9.17, 15) is 14.7 Å². The first-order valence-corrected chi connectivity index (χ1v) is 5.76. The average molecular weight is 246 g/mol. The van der Waals surface area contributed by atoms with E-state index in [0.717, 1.165) is 5.56 Å². The first-order valence-electron chi connectivity index (χ1n) is 5.76. The third-order valence-electron chi connectivity index (χ3n) is 3.14. The summed E-state index contributed by atoms with van der Waals surface area (Å²) in [6.45, 7) is 5.08. The summed E-state index contributed by atoms with van der Waals surface area (Å²) >= 11 is 0. The maximum absolute atomic E-state index is 11.7. The van der Waals surface area contributed by atoms with Crippen LogP contribution < -0.4 is 5.63 Å². The fourth-order valence-corrected chi connectivity index (χ4v) is 2.12. The molecule has 4 heteroatoms. The van der Waals surface area contributed by atoms with Crippen LogP contribution in [0.3, 0.4) is 0 Å². The molecule has 4 nitrogen and oxygen atoms in total. The second-order valence-electron chi connectivity index (χ2n) is 4.27. The smallest absolute Gasteiger partial charge is 0.339 e. The van der Waals surface area contributed by atoms with Crippen molar-refractivity contribution in [3.63, 3.8) is 0 Å². The van der Waals surface area contributed by atoms with Gasteiger partial charge in [0.1, 0.15) is 11.3 Å². The van der Waals surface area contributed by atoms with Crippen molar-refractivity contribution >= 4 is 16.8 Å². The highest BCUT2D eigenvalue weighted by atomic mass is 16.4. The molecule has 0 aliphatic heterocycles. The van der Waals surface area contributed by atoms with E-state index in [1.807, 2.05) is 13.8 Å². The fourth-order valence-electron chi connectivity index (χ4n) is 2.12. The molecule has 2 rings (SSSR count). The van der Waals surface area contributed by atoms with E-state index in [1.165, 1.54) is 13.0 Å². The number of phenols is 1. The van der Waals surface area contributed by atoms with Crippen LogP contribution in [0.5, 0.6) is 5.75 Å². The Labute approximate surface area is 104 Å². The SMILES string of the molecule is CCc1c(C)c2cc(C(C)=O)c(O)cc2oc1=O. The van der Waals surface area contributed by atoms with Gasteiger partial charge in [-0.05, 0) is 31.9 Å². The molecular formula is C14H14O4. The summed E-state index contributed by atoms with van der Waals surface area (Å²) in [5.41, 5.74) is 1.55. The van der Waals surface area contributed by atoms with Crippen LogP contribution in [-0.4, -0.2) is 10.9 Å². The van der Waals surface area contributed by atoms with Gasteiger partial charge in [-0.1, -0.05) is 6.92 Å². The number of carbonyl (C=O) groups is 1. The van der Waals surface area contributed by atoms with Crippen LogP contribution in [0.4, 0.5) is 0 Å². The Kier molecular flexibility index (Phi) is 2.95. The molecule has 0 aliphatic carbocycles. The van der Waals surface area contributed by atoms with Crippen molar-refractivity contribution < 1.29 is 14.3 Å². The van der Waals surface area contributed by atoms with E-state index in [0.29, 0.717) is 23.0 Å². The number of phenolic OH excluding ortho intramolecular Hbond substituents is 1. The predicted octanol–water partition coefficient (Wildman–Crippen LogP) is 2.57. The summed E-state index contributed by atoms with van der Waals surface area (Å²) in [6.07, 6.45) is 0.570. The minimum atomic E-state index is -0.391. The number of hydrogen-bond donors (Lipinski definition) is 1. The first kappa shape index (κ1) is 12.4. The quantitative estimate of drug-likeness (QED) is 0.653. The monoisotopic (exact) mass is 246 g/mol. The molecule has 1 aromatic heterocycles. The van der Waals surface area contributed by atoms with E-state index >= 15 is 0 Å². The summed E-state index contributed by atoms with van der Waals surface area (Å²) in [6, 6.07) is 2.89. The number of Topliss-reactive ketones (excluding diaryl/α,β-unsaturated/α-hetero) is 1. The minimum absolute atomic E-state index is 0.165. The Bertz CT molecular complexity index is 695. The lowest BCUT2D eigenvalue weighted by molar-refractivity contribution is 0.101. The van der Waals surface area contributed by atoms with Gasteiger partial charge in [0.05, 0.1) is 5.56 Å². The van der Waals surface area contributed by atoms with Crippen molar-refractivity contribution in [1.29, 1.82) is 0 Å². The topological polar surface area (TPSA) is 67.5 Å². The molecule has 1 heterocycles. The van der Waals surface area contributed by atoms with Crippen molar-refractivity contribution in [3.8, 4) is 5.75 Å². The molecule has 0 amide bonds. The van der Waals surface area contributed by atoms with Gasteiger partial charge in [0.15, 0.2) is 5.78 Å². The van der Waals surface area contributed by atoms with Crippen LogP contribution in [0.1, 0.15) is 35.3 Å². The highest BCUT2D eigenvalue weighted by Crippen LogP contribution is 2.27. The van der Waals surface area contributed by atoms with Gasteiger partial charge >= 0.3 is 5.63 Å². The van der Waals surface area contributed by atoms with E-state index in [1.54, 1.807) is 6.07 Å². The highest BCUT2D eigenvalue weighted by molar-refractivity contribution is 6.01. The van der Waals surface area contributed by atoms with Crippen molar-refractivity contribution in [2.75, 3.05) is 0 Å². The largest absolute Gasteiger partial charge is 0.507 e. The van der Waals surface area contributed by atoms with Gasteiger partial charge in [-0.15, -0.1) is 0 Å². The van der Waals surface area contributed by atoms with Crippen molar-refractivity contribution in [2.45, 2.75) is 27.2 Å². The second-order valence-corrected chi connectivity index (χ2v) is 4.27. The zero-order chi connectivity index (χ0) is 13.4. The van der Waals surface area contributed by atoms with E-state index in [-0.39, 0.29) is 17.1 Å². The number of benzene rings is 1. The molecule has 0 saturated carbocycles. The number of aryl methyl sites for hydroxylation is 1. The molecule has 0 spiro atoms. The van der Waals surface area contributed by atoms with Gasteiger partial charge in [-0.25, -0.2) is 4.79 Å². The number of rotatable bonds is 2. The van der Waals surface area contributed by atoms with Crippen molar-refractivity contribution in [1.82, 2.24) is 0 Å². The molecule has 0 atom stereocenters. The van der Waals surface area contributed by atoms with Crippen LogP contribution >= 0.6 is 0 Å². The Morgan fingerprint density at radius 3 is 2.61 bits per heavy atom. The lowest BCUT2D eigenvalue weighted by Crippen LogP contribution is -2.09. The fraction of sp³-hybridized carbons (Fsp3) is 0.286. The predicted molar refractivity (Wildman–Crippen MR) is 68.3 cm³/mol. The van der Waals surface area contributed by atoms with Crippen LogP contribution in [0, 0.1) is 6.92 Å². The summed E-state index contributed by atoms with van der Waals surface area (Å²) < 4.78 is 5.15. The minimum Gasteiger partial charge on any atom is -0.507 e. The number of carbonyl (C=O) groups excluding carboxylic acids is 1. The van der Waals surface area contributed by atoms with Gasteiger partial charge in [0.2, 0.25) is 0 Å². The molecule has 0 unspecified atom stereocenters. The number of aromatic hydroxyl groups is 1. The van der Waals surface area contributed by atoms with Gasteiger partial charge in [0.25, 0.3) is 0 Å². The normalized spacial score (nSPS) is 10.8. The molecule has 0 radical (unpaired) electrons. The molecule has 1 N–H and O–H groups in total. The molecule has 94 valence electrons. The van der Waals surface area contributed by atoms with Crippen molar-refractivity contribution in [2.24, 2.45) is 0 Å². The third kappa shape index (κ3) is 1.79. The maximum atomic E-state index is 11.7. The average Bonchev–Trinajstić information content (AvgIpc) is 2.28. The summed E-state index contributed by atoms with van der Waals surface area (Å²) in [4.78, 5) is 23.1. The Balaban J connectivity index is 2.91. The zero-order valence-electron chi connectivity index (χ0n) is 10.5. The molecule has 2 aromatic rings. The summed E-state index contributed by atoms with van der Waals surface area (Å²) in [5.74, 6) is -0.389. The lowest BCUT2D eigenvalue weighted by atomic mass is 10.0. The molecule has 1 aromatic carbocycles. The first-order chi connectivity index (χ1) is 8.45. The van der Waals surface area contributed by atoms with Gasteiger partial charge in [-0.2, -0.15) is 0 Å². The maximum Gasteiger partial charge on any atom is 0.339 e. The molecule has 0 fully saturated rings. The Morgan fingerprint density at radius 2 is 2.06 bits per heavy atom. The number of hydrogen-bond acceptors (Lipinski definition) is 4. The number of fused-ring (bicyclic) bond motifs is 1. The van der Waals surface area contributed by atoms with Crippen LogP contribution in [-0.2, 0) is 6.42 Å². The van der Waals surface area contributed by atoms with Crippen LogP contribution in [0.15, 0.2) is 21.3 Å². The highest BCUT2D eigenvalue weighted by Gasteiger charge is 2.14. The van der Waals surface area contributed by atoms with E-state index in [2.05, 4.69) is 0 Å². The Morgan fingerprint density at radius 1 is 1.39 bits per heavy atom. The second kappa shape index (κ2) is 4.29. The van der Waals surface area contributed by atoms with Gasteiger partial charge in [-0.3, -0.25) is 4.79 Å². The van der Waals surface area contributed by atoms with Crippen LogP contribution in [0.2, 0.25) is 0 Å². The Hall–Kier alpha value is -2.10. The summed E-state index contributed by atoms with van der Waals surface area (Å²) in [5, 5.41) is 10.4. The molecule has 0 bridgehead atoms. The van der Waals surface area contributed by atoms with Crippen molar-refractivity contribution in [3.05, 3.63) is 39.2 Å². The third-order valence-corrected chi connectivity index (χ3v) is 3.14. The molecule has 18 heavy (non-hydrogen) atoms. The van der Waals surface area contributed by atoms with Gasteiger partial charge < -0.3 is 9.52 Å². The molecular weight excluding hydrogens is 232 g/mol. The van der Waals surface area contributed by atoms with Crippen LogP contribution in [0.25, 0.3) is 11.0 Å². The molecule has 0 saturated heterocycles. The standard InChI is InChI=1S/C14H14O4/c1-4-9-7(2)10-5-11(8(3)15)12(16)6-13(10)18-14(9)17/h5-6,16H,4H2,1-3H3. The van der Waals surface area contributed by atoms with E-state index < -0.39 is 5.63 Å². The van der Waals surface area contributed by atoms with E-state index in [4.69, 9.17) is 4.42 Å². The molecule has 0 aliphatic rings.